The molecule has 0 amide bonds. The number of benzene rings is 1. The predicted octanol–water partition coefficient (Wildman–Crippen LogP) is 3.00. The average molecular weight is 362 g/mol. The molecule has 4 nitrogen and oxygen atoms in total. The Labute approximate surface area is 139 Å². The van der Waals surface area contributed by atoms with Gasteiger partial charge in [-0.3, -0.25) is 9.88 Å². The van der Waals surface area contributed by atoms with Crippen molar-refractivity contribution < 1.29 is 4.74 Å². The summed E-state index contributed by atoms with van der Waals surface area (Å²) >= 11 is 3.57. The third kappa shape index (κ3) is 3.32. The third-order valence-corrected chi connectivity index (χ3v) is 4.67. The molecule has 0 radical (unpaired) electrons. The van der Waals surface area contributed by atoms with E-state index in [-0.39, 0.29) is 0 Å². The highest BCUT2D eigenvalue weighted by atomic mass is 79.9. The lowest BCUT2D eigenvalue weighted by molar-refractivity contribution is 0.152. The number of para-hydroxylation sites is 1. The number of pyridine rings is 1. The maximum atomic E-state index is 5.56. The molecule has 0 aliphatic carbocycles. The van der Waals surface area contributed by atoms with Crippen LogP contribution in [0, 0.1) is 0 Å². The summed E-state index contributed by atoms with van der Waals surface area (Å²) < 4.78 is 6.56. The summed E-state index contributed by atoms with van der Waals surface area (Å²) in [5.74, 6) is 0.922. The molecule has 0 saturated carbocycles. The third-order valence-electron chi connectivity index (χ3n) is 4.05. The lowest BCUT2D eigenvalue weighted by Crippen LogP contribution is -2.45. The molecule has 1 N–H and O–H groups in total. The van der Waals surface area contributed by atoms with E-state index in [0.29, 0.717) is 6.04 Å². The molecule has 5 heteroatoms. The first-order valence-electron chi connectivity index (χ1n) is 7.45. The molecule has 2 aromatic rings. The Bertz CT molecular complexity index is 621. The van der Waals surface area contributed by atoms with E-state index < -0.39 is 0 Å². The van der Waals surface area contributed by atoms with Crippen molar-refractivity contribution in [2.45, 2.75) is 12.6 Å². The van der Waals surface area contributed by atoms with E-state index in [4.69, 9.17) is 4.74 Å². The highest BCUT2D eigenvalue weighted by molar-refractivity contribution is 9.10. The summed E-state index contributed by atoms with van der Waals surface area (Å²) in [5.41, 5.74) is 2.45. The summed E-state index contributed by atoms with van der Waals surface area (Å²) in [6.07, 6.45) is 3.78. The maximum Gasteiger partial charge on any atom is 0.137 e. The van der Waals surface area contributed by atoms with Crippen molar-refractivity contribution in [3.63, 3.8) is 0 Å². The van der Waals surface area contributed by atoms with Crippen molar-refractivity contribution in [3.05, 3.63) is 58.3 Å². The standard InChI is InChI=1S/C17H20BrN3O/c1-22-17-14(4-2-6-15(17)18)12-21-9-8-20-11-16(21)13-5-3-7-19-10-13/h2-7,10,16,20H,8-9,11-12H2,1H3. The van der Waals surface area contributed by atoms with Crippen molar-refractivity contribution in [3.8, 4) is 5.75 Å². The molecule has 1 atom stereocenters. The van der Waals surface area contributed by atoms with E-state index >= 15 is 0 Å². The first-order valence-corrected chi connectivity index (χ1v) is 8.25. The van der Waals surface area contributed by atoms with E-state index in [1.165, 1.54) is 11.1 Å². The van der Waals surface area contributed by atoms with Crippen LogP contribution >= 0.6 is 15.9 Å². The van der Waals surface area contributed by atoms with E-state index in [0.717, 1.165) is 36.4 Å². The van der Waals surface area contributed by atoms with E-state index in [1.54, 1.807) is 7.11 Å². The van der Waals surface area contributed by atoms with Crippen LogP contribution in [0.1, 0.15) is 17.2 Å². The Morgan fingerprint density at radius 3 is 3.05 bits per heavy atom. The maximum absolute atomic E-state index is 5.56. The Kier molecular flexibility index (Phi) is 5.08. The first-order chi connectivity index (χ1) is 10.8. The Hall–Kier alpha value is -1.43. The van der Waals surface area contributed by atoms with Gasteiger partial charge < -0.3 is 10.1 Å². The van der Waals surface area contributed by atoms with Gasteiger partial charge in [-0.2, -0.15) is 0 Å². The lowest BCUT2D eigenvalue weighted by atomic mass is 10.0. The van der Waals surface area contributed by atoms with Gasteiger partial charge in [0, 0.05) is 50.2 Å². The molecule has 1 unspecified atom stereocenters. The van der Waals surface area contributed by atoms with Gasteiger partial charge in [0.2, 0.25) is 0 Å². The van der Waals surface area contributed by atoms with Crippen LogP contribution in [0.4, 0.5) is 0 Å². The Morgan fingerprint density at radius 1 is 1.36 bits per heavy atom. The number of aromatic nitrogens is 1. The number of piperazine rings is 1. The second-order valence-electron chi connectivity index (χ2n) is 5.41. The number of rotatable bonds is 4. The second-order valence-corrected chi connectivity index (χ2v) is 6.26. The number of nitrogens with zero attached hydrogens (tertiary/aromatic N) is 2. The summed E-state index contributed by atoms with van der Waals surface area (Å²) in [6, 6.07) is 10.7. The zero-order chi connectivity index (χ0) is 15.4. The molecule has 1 fully saturated rings. The van der Waals surface area contributed by atoms with Crippen molar-refractivity contribution in [1.29, 1.82) is 0 Å². The van der Waals surface area contributed by atoms with Gasteiger partial charge in [0.1, 0.15) is 5.75 Å². The molecule has 1 aliphatic heterocycles. The van der Waals surface area contributed by atoms with Crippen LogP contribution in [0.2, 0.25) is 0 Å². The van der Waals surface area contributed by atoms with Crippen LogP contribution in [0.5, 0.6) is 5.75 Å². The van der Waals surface area contributed by atoms with Crippen LogP contribution in [0.15, 0.2) is 47.2 Å². The SMILES string of the molecule is COc1c(Br)cccc1CN1CCNCC1c1cccnc1. The fourth-order valence-electron chi connectivity index (χ4n) is 2.96. The molecule has 0 bridgehead atoms. The van der Waals surface area contributed by atoms with Gasteiger partial charge >= 0.3 is 0 Å². The molecule has 3 rings (SSSR count). The summed E-state index contributed by atoms with van der Waals surface area (Å²) in [6.45, 7) is 3.83. The number of hydrogen-bond acceptors (Lipinski definition) is 4. The lowest BCUT2D eigenvalue weighted by Gasteiger charge is -2.36. The normalized spacial score (nSPS) is 19.1. The minimum absolute atomic E-state index is 0.339. The number of ether oxygens (including phenoxy) is 1. The number of nitrogens with one attached hydrogen (secondary N) is 1. The number of methoxy groups -OCH3 is 1. The van der Waals surface area contributed by atoms with Gasteiger partial charge in [-0.05, 0) is 33.6 Å². The average Bonchev–Trinajstić information content (AvgIpc) is 2.56. The Balaban J connectivity index is 1.85. The topological polar surface area (TPSA) is 37.4 Å². The highest BCUT2D eigenvalue weighted by Gasteiger charge is 2.25. The number of halogens is 1. The summed E-state index contributed by atoms with van der Waals surface area (Å²) in [5, 5.41) is 3.48. The molecular formula is C17H20BrN3O. The number of hydrogen-bond donors (Lipinski definition) is 1. The van der Waals surface area contributed by atoms with Crippen molar-refractivity contribution in [1.82, 2.24) is 15.2 Å². The monoisotopic (exact) mass is 361 g/mol. The van der Waals surface area contributed by atoms with Crippen molar-refractivity contribution in [2.24, 2.45) is 0 Å². The van der Waals surface area contributed by atoms with Crippen LogP contribution in [-0.4, -0.2) is 36.6 Å². The molecule has 0 spiro atoms. The Morgan fingerprint density at radius 2 is 2.27 bits per heavy atom. The summed E-state index contributed by atoms with van der Waals surface area (Å²) in [7, 11) is 1.72. The van der Waals surface area contributed by atoms with Gasteiger partial charge in [-0.15, -0.1) is 0 Å². The molecule has 2 heterocycles. The van der Waals surface area contributed by atoms with Gasteiger partial charge in [0.15, 0.2) is 0 Å². The van der Waals surface area contributed by atoms with E-state index in [2.05, 4.69) is 49.3 Å². The van der Waals surface area contributed by atoms with Crippen molar-refractivity contribution in [2.75, 3.05) is 26.7 Å². The van der Waals surface area contributed by atoms with Crippen LogP contribution in [0.3, 0.4) is 0 Å². The minimum Gasteiger partial charge on any atom is -0.495 e. The highest BCUT2D eigenvalue weighted by Crippen LogP contribution is 2.32. The predicted molar refractivity (Wildman–Crippen MR) is 91.0 cm³/mol. The van der Waals surface area contributed by atoms with Crippen molar-refractivity contribution >= 4 is 15.9 Å². The zero-order valence-electron chi connectivity index (χ0n) is 12.6. The first kappa shape index (κ1) is 15.5. The molecule has 1 aromatic heterocycles. The largest absolute Gasteiger partial charge is 0.495 e. The quantitative estimate of drug-likeness (QED) is 0.908. The van der Waals surface area contributed by atoms with Crippen LogP contribution in [-0.2, 0) is 6.54 Å². The molecular weight excluding hydrogens is 342 g/mol. The molecule has 1 aromatic carbocycles. The van der Waals surface area contributed by atoms with Gasteiger partial charge in [-0.1, -0.05) is 18.2 Å². The minimum atomic E-state index is 0.339. The molecule has 1 aliphatic rings. The smallest absolute Gasteiger partial charge is 0.137 e. The van der Waals surface area contributed by atoms with Crippen LogP contribution < -0.4 is 10.1 Å². The van der Waals surface area contributed by atoms with Crippen LogP contribution in [0.25, 0.3) is 0 Å². The van der Waals surface area contributed by atoms with Gasteiger partial charge in [0.25, 0.3) is 0 Å². The van der Waals surface area contributed by atoms with Gasteiger partial charge in [0.05, 0.1) is 11.6 Å². The van der Waals surface area contributed by atoms with E-state index in [1.807, 2.05) is 24.5 Å². The van der Waals surface area contributed by atoms with Gasteiger partial charge in [-0.25, -0.2) is 0 Å². The summed E-state index contributed by atoms with van der Waals surface area (Å²) in [4.78, 5) is 6.75. The molecule has 22 heavy (non-hydrogen) atoms. The fraction of sp³-hybridized carbons (Fsp3) is 0.353. The molecule has 1 saturated heterocycles. The molecule has 116 valence electrons. The second kappa shape index (κ2) is 7.22. The van der Waals surface area contributed by atoms with E-state index in [9.17, 15) is 0 Å². The fourth-order valence-corrected chi connectivity index (χ4v) is 3.53. The zero-order valence-corrected chi connectivity index (χ0v) is 14.2.